The largest absolute Gasteiger partial charge is 0.497 e. The highest BCUT2D eigenvalue weighted by molar-refractivity contribution is 5.83. The summed E-state index contributed by atoms with van der Waals surface area (Å²) in [5, 5.41) is 1.11. The van der Waals surface area contributed by atoms with E-state index in [0.717, 1.165) is 34.2 Å². The fourth-order valence-electron chi connectivity index (χ4n) is 3.27. The Balaban J connectivity index is 1.56. The molecule has 0 radical (unpaired) electrons. The van der Waals surface area contributed by atoms with E-state index in [9.17, 15) is 0 Å². The molecule has 0 fully saturated rings. The molecule has 5 heteroatoms. The van der Waals surface area contributed by atoms with Crippen molar-refractivity contribution in [1.82, 2.24) is 9.97 Å². The molecule has 0 bridgehead atoms. The third-order valence-corrected chi connectivity index (χ3v) is 4.78. The second-order valence-corrected chi connectivity index (χ2v) is 6.67. The first-order chi connectivity index (χ1) is 14.3. The van der Waals surface area contributed by atoms with E-state index >= 15 is 0 Å². The van der Waals surface area contributed by atoms with Crippen LogP contribution in [0.2, 0.25) is 0 Å². The van der Waals surface area contributed by atoms with E-state index in [4.69, 9.17) is 14.2 Å². The van der Waals surface area contributed by atoms with Gasteiger partial charge in [0.15, 0.2) is 11.5 Å². The molecule has 29 heavy (non-hydrogen) atoms. The number of rotatable bonds is 7. The third-order valence-electron chi connectivity index (χ3n) is 4.78. The van der Waals surface area contributed by atoms with Crippen molar-refractivity contribution in [3.05, 3.63) is 89.9 Å². The van der Waals surface area contributed by atoms with Crippen LogP contribution in [0.15, 0.2) is 73.2 Å². The summed E-state index contributed by atoms with van der Waals surface area (Å²) in [4.78, 5) is 8.58. The van der Waals surface area contributed by atoms with Gasteiger partial charge in [0.1, 0.15) is 12.4 Å². The van der Waals surface area contributed by atoms with Crippen molar-refractivity contribution in [2.45, 2.75) is 13.0 Å². The summed E-state index contributed by atoms with van der Waals surface area (Å²) in [6.45, 7) is 0.445. The van der Waals surface area contributed by atoms with Gasteiger partial charge >= 0.3 is 0 Å². The fraction of sp³-hybridized carbons (Fsp3) is 0.167. The van der Waals surface area contributed by atoms with E-state index in [-0.39, 0.29) is 0 Å². The Labute approximate surface area is 169 Å². The maximum absolute atomic E-state index is 5.93. The summed E-state index contributed by atoms with van der Waals surface area (Å²) >= 11 is 0. The second kappa shape index (κ2) is 8.61. The zero-order chi connectivity index (χ0) is 20.1. The van der Waals surface area contributed by atoms with Crippen LogP contribution >= 0.6 is 0 Å². The number of pyridine rings is 2. The Kier molecular flexibility index (Phi) is 5.56. The van der Waals surface area contributed by atoms with Crippen LogP contribution in [0.1, 0.15) is 16.7 Å². The molecule has 0 amide bonds. The number of methoxy groups -OCH3 is 2. The van der Waals surface area contributed by atoms with Crippen LogP contribution < -0.4 is 14.2 Å². The molecular weight excluding hydrogens is 364 g/mol. The van der Waals surface area contributed by atoms with Crippen molar-refractivity contribution < 1.29 is 14.2 Å². The van der Waals surface area contributed by atoms with E-state index in [0.29, 0.717) is 18.1 Å². The number of ether oxygens (including phenoxy) is 3. The van der Waals surface area contributed by atoms with Gasteiger partial charge < -0.3 is 14.2 Å². The first-order valence-corrected chi connectivity index (χ1v) is 9.37. The molecule has 4 aromatic rings. The van der Waals surface area contributed by atoms with Crippen molar-refractivity contribution in [2.24, 2.45) is 0 Å². The molecule has 5 nitrogen and oxygen atoms in total. The van der Waals surface area contributed by atoms with Crippen molar-refractivity contribution >= 4 is 10.9 Å². The lowest BCUT2D eigenvalue weighted by Crippen LogP contribution is -1.99. The summed E-state index contributed by atoms with van der Waals surface area (Å²) in [7, 11) is 3.32. The van der Waals surface area contributed by atoms with Gasteiger partial charge in [0.2, 0.25) is 0 Å². The average molecular weight is 386 g/mol. The second-order valence-electron chi connectivity index (χ2n) is 6.67. The zero-order valence-corrected chi connectivity index (χ0v) is 16.5. The molecule has 2 aromatic carbocycles. The average Bonchev–Trinajstić information content (AvgIpc) is 2.78. The highest BCUT2D eigenvalue weighted by Crippen LogP contribution is 2.31. The van der Waals surface area contributed by atoms with Gasteiger partial charge in [-0.3, -0.25) is 9.97 Å². The van der Waals surface area contributed by atoms with Crippen LogP contribution in [0.5, 0.6) is 17.2 Å². The standard InChI is InChI=1S/C24H22N2O3/c1-27-20-6-7-21-19(9-11-26-22(21)14-20)12-17-5-8-23(24(13-17)28-2)29-16-18-4-3-10-25-15-18/h3-11,13-15H,12,16H2,1-2H3. The molecule has 0 spiro atoms. The Morgan fingerprint density at radius 3 is 2.55 bits per heavy atom. The van der Waals surface area contributed by atoms with Crippen LogP contribution in [0.25, 0.3) is 10.9 Å². The summed E-state index contributed by atoms with van der Waals surface area (Å²) in [5.74, 6) is 2.23. The highest BCUT2D eigenvalue weighted by Gasteiger charge is 2.09. The van der Waals surface area contributed by atoms with Crippen molar-refractivity contribution in [3.8, 4) is 17.2 Å². The number of nitrogens with zero attached hydrogens (tertiary/aromatic N) is 2. The maximum Gasteiger partial charge on any atom is 0.161 e. The van der Waals surface area contributed by atoms with E-state index in [1.807, 2.05) is 48.7 Å². The topological polar surface area (TPSA) is 53.5 Å². The maximum atomic E-state index is 5.93. The molecule has 0 atom stereocenters. The lowest BCUT2D eigenvalue weighted by molar-refractivity contribution is 0.284. The van der Waals surface area contributed by atoms with Gasteiger partial charge in [-0.05, 0) is 53.9 Å². The van der Waals surface area contributed by atoms with Gasteiger partial charge in [-0.15, -0.1) is 0 Å². The molecule has 0 aliphatic heterocycles. The summed E-state index contributed by atoms with van der Waals surface area (Å²) in [5.41, 5.74) is 4.27. The Morgan fingerprint density at radius 1 is 0.828 bits per heavy atom. The molecule has 2 aromatic heterocycles. The lowest BCUT2D eigenvalue weighted by atomic mass is 10.0. The van der Waals surface area contributed by atoms with Gasteiger partial charge in [0.25, 0.3) is 0 Å². The molecular formula is C24H22N2O3. The smallest absolute Gasteiger partial charge is 0.161 e. The van der Waals surface area contributed by atoms with Crippen molar-refractivity contribution in [3.63, 3.8) is 0 Å². The molecule has 4 rings (SSSR count). The molecule has 0 saturated heterocycles. The van der Waals surface area contributed by atoms with Gasteiger partial charge in [0, 0.05) is 35.6 Å². The number of hydrogen-bond acceptors (Lipinski definition) is 5. The van der Waals surface area contributed by atoms with E-state index in [1.54, 1.807) is 26.6 Å². The van der Waals surface area contributed by atoms with Crippen LogP contribution in [0, 0.1) is 0 Å². The van der Waals surface area contributed by atoms with Crippen molar-refractivity contribution in [1.29, 1.82) is 0 Å². The molecule has 0 aliphatic rings. The SMILES string of the molecule is COc1ccc2c(Cc3ccc(OCc4cccnc4)c(OC)c3)ccnc2c1. The first kappa shape index (κ1) is 18.7. The zero-order valence-electron chi connectivity index (χ0n) is 16.5. The Hall–Kier alpha value is -3.60. The number of aromatic nitrogens is 2. The molecule has 2 heterocycles. The number of fused-ring (bicyclic) bond motifs is 1. The van der Waals surface area contributed by atoms with Crippen LogP contribution in [0.4, 0.5) is 0 Å². The van der Waals surface area contributed by atoms with Gasteiger partial charge in [-0.1, -0.05) is 12.1 Å². The molecule has 146 valence electrons. The van der Waals surface area contributed by atoms with Gasteiger partial charge in [0.05, 0.1) is 19.7 Å². The first-order valence-electron chi connectivity index (χ1n) is 9.37. The Morgan fingerprint density at radius 2 is 1.76 bits per heavy atom. The Bertz CT molecular complexity index is 1110. The van der Waals surface area contributed by atoms with Gasteiger partial charge in [-0.2, -0.15) is 0 Å². The molecule has 0 unspecified atom stereocenters. The summed E-state index contributed by atoms with van der Waals surface area (Å²) in [6.07, 6.45) is 6.15. The lowest BCUT2D eigenvalue weighted by Gasteiger charge is -2.13. The van der Waals surface area contributed by atoms with Gasteiger partial charge in [-0.25, -0.2) is 0 Å². The summed E-state index contributed by atoms with van der Waals surface area (Å²) in [6, 6.07) is 17.9. The monoisotopic (exact) mass is 386 g/mol. The third kappa shape index (κ3) is 4.29. The molecule has 0 N–H and O–H groups in total. The number of hydrogen-bond donors (Lipinski definition) is 0. The van der Waals surface area contributed by atoms with E-state index in [1.165, 1.54) is 5.56 Å². The van der Waals surface area contributed by atoms with Crippen LogP contribution in [0.3, 0.4) is 0 Å². The quantitative estimate of drug-likeness (QED) is 0.456. The van der Waals surface area contributed by atoms with E-state index < -0.39 is 0 Å². The van der Waals surface area contributed by atoms with Crippen LogP contribution in [-0.2, 0) is 13.0 Å². The van der Waals surface area contributed by atoms with E-state index in [2.05, 4.69) is 22.1 Å². The van der Waals surface area contributed by atoms with Crippen LogP contribution in [-0.4, -0.2) is 24.2 Å². The highest BCUT2D eigenvalue weighted by atomic mass is 16.5. The minimum absolute atomic E-state index is 0.445. The number of benzene rings is 2. The molecule has 0 aliphatic carbocycles. The minimum Gasteiger partial charge on any atom is -0.497 e. The fourth-order valence-corrected chi connectivity index (χ4v) is 3.27. The normalized spacial score (nSPS) is 10.7. The van der Waals surface area contributed by atoms with Crippen molar-refractivity contribution in [2.75, 3.05) is 14.2 Å². The summed E-state index contributed by atoms with van der Waals surface area (Å²) < 4.78 is 16.8. The molecule has 0 saturated carbocycles. The predicted molar refractivity (Wildman–Crippen MR) is 113 cm³/mol. The predicted octanol–water partition coefficient (Wildman–Crippen LogP) is 4.82. The minimum atomic E-state index is 0.445.